The van der Waals surface area contributed by atoms with Gasteiger partial charge in [-0.25, -0.2) is 4.79 Å². The van der Waals surface area contributed by atoms with Crippen molar-refractivity contribution in [3.63, 3.8) is 0 Å². The van der Waals surface area contributed by atoms with Crippen LogP contribution < -0.4 is 0 Å². The molecule has 1 amide bonds. The van der Waals surface area contributed by atoms with Crippen molar-refractivity contribution in [2.45, 2.75) is 31.2 Å². The van der Waals surface area contributed by atoms with Gasteiger partial charge in [0.25, 0.3) is 0 Å². The summed E-state index contributed by atoms with van der Waals surface area (Å²) in [7, 11) is 1.44. The van der Waals surface area contributed by atoms with Gasteiger partial charge in [-0.2, -0.15) is 13.2 Å². The molecular formula is C15H16F3NO4. The number of hydrogen-bond acceptors (Lipinski definition) is 3. The molecule has 0 aromatic heterocycles. The number of carboxylic acid groups (broad SMARTS) is 1. The maximum absolute atomic E-state index is 12.5. The van der Waals surface area contributed by atoms with E-state index in [2.05, 4.69) is 0 Å². The maximum atomic E-state index is 12.5. The quantitative estimate of drug-likeness (QED) is 0.916. The van der Waals surface area contributed by atoms with Gasteiger partial charge in [0.15, 0.2) is 0 Å². The number of hydrogen-bond donors (Lipinski definition) is 1. The summed E-state index contributed by atoms with van der Waals surface area (Å²) in [5.41, 5.74) is -0.397. The second kappa shape index (κ2) is 6.57. The fourth-order valence-electron chi connectivity index (χ4n) is 2.57. The van der Waals surface area contributed by atoms with Crippen molar-refractivity contribution in [2.75, 3.05) is 13.7 Å². The van der Waals surface area contributed by atoms with E-state index in [4.69, 9.17) is 9.84 Å². The van der Waals surface area contributed by atoms with Crippen LogP contribution in [0.25, 0.3) is 0 Å². The number of benzene rings is 1. The maximum Gasteiger partial charge on any atom is 0.416 e. The van der Waals surface area contributed by atoms with E-state index in [1.807, 2.05) is 0 Å². The molecule has 2 rings (SSSR count). The number of rotatable bonds is 4. The van der Waals surface area contributed by atoms with E-state index in [0.717, 1.165) is 12.1 Å². The lowest BCUT2D eigenvalue weighted by Gasteiger charge is -2.21. The smallest absolute Gasteiger partial charge is 0.416 e. The van der Waals surface area contributed by atoms with Crippen LogP contribution in [0.15, 0.2) is 24.3 Å². The van der Waals surface area contributed by atoms with Crippen LogP contribution in [0.4, 0.5) is 13.2 Å². The molecule has 1 heterocycles. The van der Waals surface area contributed by atoms with Crippen molar-refractivity contribution in [2.24, 2.45) is 0 Å². The van der Waals surface area contributed by atoms with E-state index in [9.17, 15) is 22.8 Å². The molecule has 0 spiro atoms. The molecule has 0 bridgehead atoms. The Morgan fingerprint density at radius 1 is 1.30 bits per heavy atom. The number of likely N-dealkylation sites (tertiary alicyclic amines) is 1. The first-order chi connectivity index (χ1) is 10.7. The Morgan fingerprint density at radius 2 is 1.91 bits per heavy atom. The van der Waals surface area contributed by atoms with Crippen LogP contribution in [0, 0.1) is 0 Å². The highest BCUT2D eigenvalue weighted by atomic mass is 19.4. The number of carbonyl (C=O) groups excluding carboxylic acids is 1. The largest absolute Gasteiger partial charge is 0.480 e. The van der Waals surface area contributed by atoms with Crippen molar-refractivity contribution in [3.8, 4) is 0 Å². The van der Waals surface area contributed by atoms with Gasteiger partial charge in [-0.1, -0.05) is 12.1 Å². The fraction of sp³-hybridized carbons (Fsp3) is 0.467. The van der Waals surface area contributed by atoms with E-state index in [-0.39, 0.29) is 25.5 Å². The third-order valence-corrected chi connectivity index (χ3v) is 3.84. The molecule has 1 fully saturated rings. The minimum Gasteiger partial charge on any atom is -0.480 e. The van der Waals surface area contributed by atoms with E-state index in [1.54, 1.807) is 0 Å². The molecule has 2 unspecified atom stereocenters. The Morgan fingerprint density at radius 3 is 2.39 bits per heavy atom. The molecule has 8 heteroatoms. The first kappa shape index (κ1) is 17.3. The first-order valence-electron chi connectivity index (χ1n) is 6.93. The van der Waals surface area contributed by atoms with Gasteiger partial charge in [-0.3, -0.25) is 4.79 Å². The molecule has 1 aliphatic rings. The van der Waals surface area contributed by atoms with Gasteiger partial charge in [0.2, 0.25) is 5.91 Å². The van der Waals surface area contributed by atoms with Crippen LogP contribution in [-0.4, -0.2) is 47.7 Å². The Kier molecular flexibility index (Phi) is 4.93. The van der Waals surface area contributed by atoms with Gasteiger partial charge in [-0.05, 0) is 17.7 Å². The van der Waals surface area contributed by atoms with Crippen LogP contribution in [0.3, 0.4) is 0 Å². The molecule has 5 nitrogen and oxygen atoms in total. The minimum atomic E-state index is -4.43. The van der Waals surface area contributed by atoms with Gasteiger partial charge in [-0.15, -0.1) is 0 Å². The van der Waals surface area contributed by atoms with E-state index < -0.39 is 29.7 Å². The second-order valence-corrected chi connectivity index (χ2v) is 5.37. The number of nitrogens with zero attached hydrogens (tertiary/aromatic N) is 1. The van der Waals surface area contributed by atoms with Gasteiger partial charge >= 0.3 is 12.1 Å². The summed E-state index contributed by atoms with van der Waals surface area (Å²) in [6.07, 6.45) is -4.74. The number of ether oxygens (including phenoxy) is 1. The summed E-state index contributed by atoms with van der Waals surface area (Å²) in [5.74, 6) is -1.57. The summed E-state index contributed by atoms with van der Waals surface area (Å²) in [4.78, 5) is 24.7. The standard InChI is InChI=1S/C15H16F3NO4/c1-23-11-7-12(14(21)22)19(8-11)13(20)6-9-2-4-10(5-3-9)15(16,17)18/h2-5,11-12H,6-8H2,1H3,(H,21,22). The fourth-order valence-corrected chi connectivity index (χ4v) is 2.57. The molecule has 1 N–H and O–H groups in total. The Hall–Kier alpha value is -2.09. The first-order valence-corrected chi connectivity index (χ1v) is 6.93. The minimum absolute atomic E-state index is 0.154. The third-order valence-electron chi connectivity index (χ3n) is 3.84. The molecular weight excluding hydrogens is 315 g/mol. The highest BCUT2D eigenvalue weighted by molar-refractivity contribution is 5.85. The molecule has 23 heavy (non-hydrogen) atoms. The highest BCUT2D eigenvalue weighted by Crippen LogP contribution is 2.29. The van der Waals surface area contributed by atoms with E-state index >= 15 is 0 Å². The predicted molar refractivity (Wildman–Crippen MR) is 73.7 cm³/mol. The van der Waals surface area contributed by atoms with Crippen LogP contribution in [0.2, 0.25) is 0 Å². The SMILES string of the molecule is COC1CC(C(=O)O)N(C(=O)Cc2ccc(C(F)(F)F)cc2)C1. The molecule has 1 aromatic rings. The molecule has 1 saturated heterocycles. The Bertz CT molecular complexity index is 585. The molecule has 1 aliphatic heterocycles. The number of aliphatic carboxylic acids is 1. The molecule has 0 saturated carbocycles. The van der Waals surface area contributed by atoms with Crippen LogP contribution in [-0.2, 0) is 26.9 Å². The average Bonchev–Trinajstić information content (AvgIpc) is 2.91. The van der Waals surface area contributed by atoms with Crippen LogP contribution >= 0.6 is 0 Å². The Labute approximate surface area is 130 Å². The summed E-state index contributed by atoms with van der Waals surface area (Å²) in [5, 5.41) is 9.16. The lowest BCUT2D eigenvalue weighted by atomic mass is 10.1. The Balaban J connectivity index is 2.07. The molecule has 126 valence electrons. The number of halogens is 3. The predicted octanol–water partition coefficient (Wildman–Crippen LogP) is 1.95. The molecule has 0 radical (unpaired) electrons. The monoisotopic (exact) mass is 331 g/mol. The summed E-state index contributed by atoms with van der Waals surface area (Å²) < 4.78 is 42.6. The van der Waals surface area contributed by atoms with Crippen molar-refractivity contribution in [1.82, 2.24) is 4.90 Å². The normalized spacial score (nSPS) is 21.5. The topological polar surface area (TPSA) is 66.8 Å². The zero-order chi connectivity index (χ0) is 17.2. The highest BCUT2D eigenvalue weighted by Gasteiger charge is 2.39. The number of alkyl halides is 3. The van der Waals surface area contributed by atoms with Crippen molar-refractivity contribution in [3.05, 3.63) is 35.4 Å². The van der Waals surface area contributed by atoms with E-state index in [0.29, 0.717) is 5.56 Å². The third kappa shape index (κ3) is 4.01. The van der Waals surface area contributed by atoms with Crippen molar-refractivity contribution in [1.29, 1.82) is 0 Å². The van der Waals surface area contributed by atoms with Gasteiger partial charge in [0, 0.05) is 20.1 Å². The summed E-state index contributed by atoms with van der Waals surface area (Å²) in [6, 6.07) is 3.28. The molecule has 1 aromatic carbocycles. The number of amides is 1. The average molecular weight is 331 g/mol. The van der Waals surface area contributed by atoms with Crippen molar-refractivity contribution < 1.29 is 32.6 Å². The summed E-state index contributed by atoms with van der Waals surface area (Å²) in [6.45, 7) is 0.160. The zero-order valence-electron chi connectivity index (χ0n) is 12.3. The van der Waals surface area contributed by atoms with Gasteiger partial charge < -0.3 is 14.7 Å². The zero-order valence-corrected chi connectivity index (χ0v) is 12.3. The lowest BCUT2D eigenvalue weighted by Crippen LogP contribution is -2.41. The van der Waals surface area contributed by atoms with E-state index in [1.165, 1.54) is 24.1 Å². The molecule has 2 atom stereocenters. The molecule has 0 aliphatic carbocycles. The van der Waals surface area contributed by atoms with Gasteiger partial charge in [0.05, 0.1) is 18.1 Å². The van der Waals surface area contributed by atoms with Crippen LogP contribution in [0.5, 0.6) is 0 Å². The van der Waals surface area contributed by atoms with Gasteiger partial charge in [0.1, 0.15) is 6.04 Å². The van der Waals surface area contributed by atoms with Crippen molar-refractivity contribution >= 4 is 11.9 Å². The second-order valence-electron chi connectivity index (χ2n) is 5.37. The number of carboxylic acids is 1. The summed E-state index contributed by atoms with van der Waals surface area (Å²) >= 11 is 0. The number of methoxy groups -OCH3 is 1. The lowest BCUT2D eigenvalue weighted by molar-refractivity contribution is -0.148. The van der Waals surface area contributed by atoms with Crippen LogP contribution in [0.1, 0.15) is 17.5 Å². The number of carbonyl (C=O) groups is 2.